The number of quaternary nitrogens is 1. The number of carboxylic acids is 1. The molecule has 27 heavy (non-hydrogen) atoms. The monoisotopic (exact) mass is 376 g/mol. The minimum Gasteiger partial charge on any atom is -0.487 e. The third kappa shape index (κ3) is 4.34. The lowest BCUT2D eigenvalue weighted by Crippen LogP contribution is -2.52. The Morgan fingerprint density at radius 2 is 1.74 bits per heavy atom. The van der Waals surface area contributed by atoms with Crippen LogP contribution >= 0.6 is 0 Å². The van der Waals surface area contributed by atoms with Crippen molar-refractivity contribution in [3.8, 4) is 5.75 Å². The van der Waals surface area contributed by atoms with Gasteiger partial charge < -0.3 is 14.3 Å². The van der Waals surface area contributed by atoms with Crippen LogP contribution < -0.4 is 4.74 Å². The molecule has 1 aromatic rings. The van der Waals surface area contributed by atoms with Gasteiger partial charge in [-0.3, -0.25) is 9.59 Å². The maximum absolute atomic E-state index is 12.1. The van der Waals surface area contributed by atoms with E-state index in [1.54, 1.807) is 6.92 Å². The number of rotatable bonds is 6. The molecule has 5 heteroatoms. The van der Waals surface area contributed by atoms with Crippen molar-refractivity contribution in [3.05, 3.63) is 27.8 Å². The van der Waals surface area contributed by atoms with Gasteiger partial charge >= 0.3 is 5.97 Å². The highest BCUT2D eigenvalue weighted by Crippen LogP contribution is 2.43. The van der Waals surface area contributed by atoms with Crippen LogP contribution in [0, 0.1) is 20.8 Å². The van der Waals surface area contributed by atoms with E-state index in [1.165, 1.54) is 0 Å². The number of Topliss-reactive ketones (excluding diaryl/α,β-unsaturated/α-hetero) is 1. The smallest absolute Gasteiger partial charge is 0.309 e. The van der Waals surface area contributed by atoms with Gasteiger partial charge in [0.05, 0.1) is 27.6 Å². The van der Waals surface area contributed by atoms with E-state index in [4.69, 9.17) is 4.74 Å². The number of benzene rings is 1. The standard InChI is InChI=1S/C22H33NO4/c1-13-14(2)21-18(15(3)20(13)16(4)24)9-10-22(5,27-21)12-17(11-19(25)26)23(6,7)8/h17H,9-12H2,1-8H3/p+1. The Bertz CT molecular complexity index is 776. The summed E-state index contributed by atoms with van der Waals surface area (Å²) in [6.07, 6.45) is 2.46. The molecule has 0 aromatic heterocycles. The van der Waals surface area contributed by atoms with Gasteiger partial charge in [-0.15, -0.1) is 0 Å². The largest absolute Gasteiger partial charge is 0.487 e. The van der Waals surface area contributed by atoms with Crippen molar-refractivity contribution in [2.24, 2.45) is 0 Å². The van der Waals surface area contributed by atoms with E-state index in [-0.39, 0.29) is 18.2 Å². The van der Waals surface area contributed by atoms with E-state index < -0.39 is 11.6 Å². The highest BCUT2D eigenvalue weighted by molar-refractivity contribution is 5.98. The summed E-state index contributed by atoms with van der Waals surface area (Å²) in [4.78, 5) is 23.5. The fourth-order valence-corrected chi connectivity index (χ4v) is 4.30. The van der Waals surface area contributed by atoms with Gasteiger partial charge in [-0.1, -0.05) is 0 Å². The molecule has 1 aliphatic heterocycles. The Morgan fingerprint density at radius 3 is 2.22 bits per heavy atom. The topological polar surface area (TPSA) is 63.6 Å². The molecule has 1 aromatic carbocycles. The van der Waals surface area contributed by atoms with E-state index in [0.29, 0.717) is 10.9 Å². The minimum atomic E-state index is -0.776. The second-order valence-electron chi connectivity index (χ2n) is 9.24. The molecule has 0 aliphatic carbocycles. The molecular formula is C22H34NO4+. The molecule has 2 unspecified atom stereocenters. The van der Waals surface area contributed by atoms with Crippen molar-refractivity contribution >= 4 is 11.8 Å². The maximum Gasteiger partial charge on any atom is 0.309 e. The third-order valence-corrected chi connectivity index (χ3v) is 6.16. The molecule has 0 spiro atoms. The van der Waals surface area contributed by atoms with Crippen LogP contribution in [0.3, 0.4) is 0 Å². The highest BCUT2D eigenvalue weighted by Gasteiger charge is 2.41. The molecule has 2 rings (SSSR count). The molecule has 2 atom stereocenters. The maximum atomic E-state index is 12.1. The zero-order chi connectivity index (χ0) is 20.7. The first-order chi connectivity index (χ1) is 12.3. The summed E-state index contributed by atoms with van der Waals surface area (Å²) < 4.78 is 7.12. The van der Waals surface area contributed by atoms with E-state index in [1.807, 2.05) is 41.9 Å². The lowest BCUT2D eigenvalue weighted by molar-refractivity contribution is -0.896. The first-order valence-corrected chi connectivity index (χ1v) is 9.62. The summed E-state index contributed by atoms with van der Waals surface area (Å²) >= 11 is 0. The van der Waals surface area contributed by atoms with Gasteiger partial charge in [-0.25, -0.2) is 0 Å². The predicted molar refractivity (Wildman–Crippen MR) is 107 cm³/mol. The van der Waals surface area contributed by atoms with Crippen LogP contribution in [0.4, 0.5) is 0 Å². The average molecular weight is 377 g/mol. The number of aliphatic carboxylic acids is 1. The Labute approximate surface area is 162 Å². The zero-order valence-corrected chi connectivity index (χ0v) is 18.0. The Morgan fingerprint density at radius 1 is 1.15 bits per heavy atom. The van der Waals surface area contributed by atoms with Crippen molar-refractivity contribution in [3.63, 3.8) is 0 Å². The fourth-order valence-electron chi connectivity index (χ4n) is 4.30. The third-order valence-electron chi connectivity index (χ3n) is 6.16. The van der Waals surface area contributed by atoms with Gasteiger partial charge in [0.2, 0.25) is 0 Å². The Kier molecular flexibility index (Phi) is 5.77. The van der Waals surface area contributed by atoms with Gasteiger partial charge in [0.1, 0.15) is 17.4 Å². The molecule has 1 heterocycles. The minimum absolute atomic E-state index is 0.0342. The number of ether oxygens (including phenoxy) is 1. The summed E-state index contributed by atoms with van der Waals surface area (Å²) in [5.41, 5.74) is 4.55. The molecule has 0 radical (unpaired) electrons. The zero-order valence-electron chi connectivity index (χ0n) is 18.0. The number of hydrogen-bond acceptors (Lipinski definition) is 3. The van der Waals surface area contributed by atoms with Crippen LogP contribution in [-0.4, -0.2) is 54.1 Å². The number of carboxylic acid groups (broad SMARTS) is 1. The average Bonchev–Trinajstić information content (AvgIpc) is 2.50. The molecule has 5 nitrogen and oxygen atoms in total. The summed E-state index contributed by atoms with van der Waals surface area (Å²) in [6, 6.07) is -0.0342. The van der Waals surface area contributed by atoms with Gasteiger partial charge in [-0.2, -0.15) is 0 Å². The quantitative estimate of drug-likeness (QED) is 0.605. The fraction of sp³-hybridized carbons (Fsp3) is 0.636. The van der Waals surface area contributed by atoms with Crippen molar-refractivity contribution in [2.45, 2.75) is 71.9 Å². The number of ketones is 1. The Balaban J connectivity index is 2.42. The molecule has 0 fully saturated rings. The van der Waals surface area contributed by atoms with Crippen LogP contribution in [0.25, 0.3) is 0 Å². The lowest BCUT2D eigenvalue weighted by Gasteiger charge is -2.43. The van der Waals surface area contributed by atoms with E-state index in [9.17, 15) is 14.7 Å². The summed E-state index contributed by atoms with van der Waals surface area (Å²) in [5.74, 6) is 0.205. The van der Waals surface area contributed by atoms with E-state index in [2.05, 4.69) is 6.92 Å². The van der Waals surface area contributed by atoms with Gasteiger partial charge in [0.25, 0.3) is 0 Å². The highest BCUT2D eigenvalue weighted by atomic mass is 16.5. The number of fused-ring (bicyclic) bond motifs is 1. The van der Waals surface area contributed by atoms with Crippen LogP contribution in [0.1, 0.15) is 65.7 Å². The van der Waals surface area contributed by atoms with E-state index in [0.717, 1.165) is 46.4 Å². The van der Waals surface area contributed by atoms with Crippen molar-refractivity contribution in [1.82, 2.24) is 0 Å². The van der Waals surface area contributed by atoms with E-state index >= 15 is 0 Å². The molecule has 0 bridgehead atoms. The van der Waals surface area contributed by atoms with Crippen molar-refractivity contribution in [1.29, 1.82) is 0 Å². The molecule has 1 N–H and O–H groups in total. The second kappa shape index (κ2) is 7.27. The van der Waals surface area contributed by atoms with Crippen molar-refractivity contribution < 1.29 is 23.9 Å². The molecule has 0 amide bonds. The molecule has 0 saturated carbocycles. The second-order valence-corrected chi connectivity index (χ2v) is 9.24. The van der Waals surface area contributed by atoms with Gasteiger partial charge in [0, 0.05) is 12.0 Å². The summed E-state index contributed by atoms with van der Waals surface area (Å²) in [7, 11) is 6.10. The molecule has 1 aliphatic rings. The number of carbonyl (C=O) groups is 2. The normalized spacial score (nSPS) is 20.6. The van der Waals surface area contributed by atoms with Crippen LogP contribution in [-0.2, 0) is 11.2 Å². The summed E-state index contributed by atoms with van der Waals surface area (Å²) in [6.45, 7) is 9.71. The van der Waals surface area contributed by atoms with Crippen LogP contribution in [0.5, 0.6) is 5.75 Å². The Hall–Kier alpha value is -1.88. The number of hydrogen-bond donors (Lipinski definition) is 1. The van der Waals surface area contributed by atoms with Crippen LogP contribution in [0.2, 0.25) is 0 Å². The van der Waals surface area contributed by atoms with Crippen LogP contribution in [0.15, 0.2) is 0 Å². The number of carbonyl (C=O) groups excluding carboxylic acids is 1. The van der Waals surface area contributed by atoms with Gasteiger partial charge in [0.15, 0.2) is 5.78 Å². The molecular weight excluding hydrogens is 342 g/mol. The number of nitrogens with zero attached hydrogens (tertiary/aromatic N) is 1. The summed E-state index contributed by atoms with van der Waals surface area (Å²) in [5, 5.41) is 9.34. The van der Waals surface area contributed by atoms with Crippen molar-refractivity contribution in [2.75, 3.05) is 21.1 Å². The molecule has 0 saturated heterocycles. The first kappa shape index (κ1) is 21.4. The van der Waals surface area contributed by atoms with Gasteiger partial charge in [-0.05, 0) is 69.7 Å². The molecule has 150 valence electrons. The SMILES string of the molecule is CC(=O)c1c(C)c(C)c2c(c1C)CCC(C)(CC(CC(=O)O)[N+](C)(C)C)O2. The lowest BCUT2D eigenvalue weighted by atomic mass is 9.81. The first-order valence-electron chi connectivity index (χ1n) is 9.62. The predicted octanol–water partition coefficient (Wildman–Crippen LogP) is 3.84.